The maximum atomic E-state index is 6.38. The van der Waals surface area contributed by atoms with Crippen molar-refractivity contribution in [2.45, 2.75) is 27.3 Å². The van der Waals surface area contributed by atoms with Gasteiger partial charge in [0.2, 0.25) is 0 Å². The van der Waals surface area contributed by atoms with Gasteiger partial charge in [-0.25, -0.2) is 9.97 Å². The molecule has 3 aromatic heterocycles. The van der Waals surface area contributed by atoms with Crippen LogP contribution < -0.4 is 5.32 Å². The Hall–Kier alpha value is -2.40. The van der Waals surface area contributed by atoms with Crippen molar-refractivity contribution in [1.82, 2.24) is 19.5 Å². The first-order valence-electron chi connectivity index (χ1n) is 7.46. The van der Waals surface area contributed by atoms with Crippen LogP contribution in [0.4, 0.5) is 11.5 Å². The minimum Gasteiger partial charge on any atom is -0.338 e. The Morgan fingerprint density at radius 3 is 2.61 bits per heavy atom. The van der Waals surface area contributed by atoms with Crippen LogP contribution in [0.15, 0.2) is 36.8 Å². The first-order chi connectivity index (χ1) is 11.1. The van der Waals surface area contributed by atoms with Crippen molar-refractivity contribution in [2.75, 3.05) is 5.32 Å². The zero-order valence-corrected chi connectivity index (χ0v) is 14.1. The van der Waals surface area contributed by atoms with Gasteiger partial charge >= 0.3 is 0 Å². The highest BCUT2D eigenvalue weighted by molar-refractivity contribution is 6.33. The second kappa shape index (κ2) is 6.38. The van der Waals surface area contributed by atoms with E-state index in [1.165, 1.54) is 0 Å². The number of hydrogen-bond donors (Lipinski definition) is 1. The van der Waals surface area contributed by atoms with E-state index in [4.69, 9.17) is 11.6 Å². The molecular formula is C17H18ClN5. The van der Waals surface area contributed by atoms with E-state index in [1.807, 2.05) is 38.2 Å². The molecule has 0 atom stereocenters. The lowest BCUT2D eigenvalue weighted by Crippen LogP contribution is -1.99. The zero-order valence-electron chi connectivity index (χ0n) is 13.3. The number of anilines is 2. The number of nitrogens with one attached hydrogen (secondary N) is 1. The third-order valence-electron chi connectivity index (χ3n) is 3.51. The van der Waals surface area contributed by atoms with Gasteiger partial charge in [-0.05, 0) is 39.0 Å². The fraction of sp³-hybridized carbons (Fsp3) is 0.235. The van der Waals surface area contributed by atoms with Gasteiger partial charge in [0.15, 0.2) is 0 Å². The molecule has 0 aliphatic rings. The molecule has 0 aliphatic heterocycles. The largest absolute Gasteiger partial charge is 0.338 e. The number of aryl methyl sites for hydroxylation is 3. The summed E-state index contributed by atoms with van der Waals surface area (Å²) in [6.07, 6.45) is 5.56. The van der Waals surface area contributed by atoms with E-state index in [-0.39, 0.29) is 0 Å². The SMILES string of the molecule is CCn1cc(C)nc1-c1cnc(Nc2ccc(C)nc2)c(Cl)c1. The maximum absolute atomic E-state index is 6.38. The maximum Gasteiger partial charge on any atom is 0.149 e. The van der Waals surface area contributed by atoms with Crippen LogP contribution in [0.25, 0.3) is 11.4 Å². The summed E-state index contributed by atoms with van der Waals surface area (Å²) in [5.41, 5.74) is 3.69. The van der Waals surface area contributed by atoms with Crippen LogP contribution in [0.3, 0.4) is 0 Å². The number of pyridine rings is 2. The van der Waals surface area contributed by atoms with Crippen molar-refractivity contribution in [1.29, 1.82) is 0 Å². The van der Waals surface area contributed by atoms with E-state index in [9.17, 15) is 0 Å². The van der Waals surface area contributed by atoms with E-state index in [2.05, 4.69) is 31.8 Å². The summed E-state index contributed by atoms with van der Waals surface area (Å²) in [6, 6.07) is 5.76. The predicted octanol–water partition coefficient (Wildman–Crippen LogP) is 4.37. The van der Waals surface area contributed by atoms with Crippen LogP contribution in [-0.2, 0) is 6.54 Å². The van der Waals surface area contributed by atoms with Crippen molar-refractivity contribution in [3.8, 4) is 11.4 Å². The van der Waals surface area contributed by atoms with Crippen molar-refractivity contribution >= 4 is 23.1 Å². The predicted molar refractivity (Wildman–Crippen MR) is 93.1 cm³/mol. The first kappa shape index (κ1) is 15.5. The summed E-state index contributed by atoms with van der Waals surface area (Å²) in [5.74, 6) is 1.48. The van der Waals surface area contributed by atoms with Crippen LogP contribution in [0, 0.1) is 13.8 Å². The fourth-order valence-corrected chi connectivity index (χ4v) is 2.56. The number of halogens is 1. The highest BCUT2D eigenvalue weighted by atomic mass is 35.5. The Morgan fingerprint density at radius 1 is 1.13 bits per heavy atom. The molecule has 0 bridgehead atoms. The summed E-state index contributed by atoms with van der Waals surface area (Å²) >= 11 is 6.38. The minimum atomic E-state index is 0.548. The highest BCUT2D eigenvalue weighted by Gasteiger charge is 2.11. The number of aromatic nitrogens is 4. The summed E-state index contributed by atoms with van der Waals surface area (Å²) in [6.45, 7) is 6.86. The van der Waals surface area contributed by atoms with Crippen LogP contribution in [0.1, 0.15) is 18.3 Å². The lowest BCUT2D eigenvalue weighted by atomic mass is 10.2. The van der Waals surface area contributed by atoms with Crippen LogP contribution in [0.5, 0.6) is 0 Å². The third kappa shape index (κ3) is 3.35. The lowest BCUT2D eigenvalue weighted by molar-refractivity contribution is 0.770. The smallest absolute Gasteiger partial charge is 0.149 e. The Balaban J connectivity index is 1.89. The van der Waals surface area contributed by atoms with Crippen molar-refractivity contribution < 1.29 is 0 Å². The topological polar surface area (TPSA) is 55.6 Å². The van der Waals surface area contributed by atoms with Gasteiger partial charge in [-0.15, -0.1) is 0 Å². The quantitative estimate of drug-likeness (QED) is 0.773. The average molecular weight is 328 g/mol. The molecule has 3 rings (SSSR count). The molecule has 0 aliphatic carbocycles. The summed E-state index contributed by atoms with van der Waals surface area (Å²) in [4.78, 5) is 13.2. The molecular weight excluding hydrogens is 310 g/mol. The Morgan fingerprint density at radius 2 is 1.96 bits per heavy atom. The molecule has 6 heteroatoms. The van der Waals surface area contributed by atoms with Gasteiger partial charge < -0.3 is 9.88 Å². The second-order valence-electron chi connectivity index (χ2n) is 5.36. The molecule has 0 saturated carbocycles. The zero-order chi connectivity index (χ0) is 16.4. The molecule has 1 N–H and O–H groups in total. The Labute approximate surface area is 140 Å². The molecule has 0 saturated heterocycles. The van der Waals surface area contributed by atoms with Crippen LogP contribution in [-0.4, -0.2) is 19.5 Å². The van der Waals surface area contributed by atoms with Crippen LogP contribution in [0.2, 0.25) is 5.02 Å². The molecule has 0 radical (unpaired) electrons. The van der Waals surface area contributed by atoms with E-state index in [1.54, 1.807) is 12.4 Å². The third-order valence-corrected chi connectivity index (χ3v) is 3.80. The van der Waals surface area contributed by atoms with Crippen LogP contribution >= 0.6 is 11.6 Å². The number of nitrogens with zero attached hydrogens (tertiary/aromatic N) is 4. The normalized spacial score (nSPS) is 10.8. The Kier molecular flexibility index (Phi) is 4.30. The van der Waals surface area contributed by atoms with Gasteiger partial charge in [-0.1, -0.05) is 11.6 Å². The number of rotatable bonds is 4. The van der Waals surface area contributed by atoms with Crippen molar-refractivity contribution in [2.24, 2.45) is 0 Å². The van der Waals surface area contributed by atoms with E-state index in [0.717, 1.165) is 35.0 Å². The molecule has 118 valence electrons. The standard InChI is InChI=1S/C17H18ClN5/c1-4-23-10-12(3)21-17(23)13-7-15(18)16(20-8-13)22-14-6-5-11(2)19-9-14/h5-10H,4H2,1-3H3,(H,20,22). The molecule has 0 spiro atoms. The highest BCUT2D eigenvalue weighted by Crippen LogP contribution is 2.28. The molecule has 23 heavy (non-hydrogen) atoms. The first-order valence-corrected chi connectivity index (χ1v) is 7.84. The molecule has 5 nitrogen and oxygen atoms in total. The summed E-state index contributed by atoms with van der Waals surface area (Å²) < 4.78 is 2.08. The van der Waals surface area contributed by atoms with E-state index < -0.39 is 0 Å². The average Bonchev–Trinajstić information content (AvgIpc) is 2.92. The number of hydrogen-bond acceptors (Lipinski definition) is 4. The molecule has 3 aromatic rings. The number of imidazole rings is 1. The van der Waals surface area contributed by atoms with Gasteiger partial charge in [-0.2, -0.15) is 0 Å². The Bertz CT molecular complexity index is 824. The fourth-order valence-electron chi connectivity index (χ4n) is 2.35. The van der Waals surface area contributed by atoms with Crippen molar-refractivity contribution in [3.05, 3.63) is 53.2 Å². The summed E-state index contributed by atoms with van der Waals surface area (Å²) in [5, 5.41) is 3.73. The summed E-state index contributed by atoms with van der Waals surface area (Å²) in [7, 11) is 0. The van der Waals surface area contributed by atoms with Gasteiger partial charge in [0.05, 0.1) is 22.6 Å². The molecule has 0 aromatic carbocycles. The van der Waals surface area contributed by atoms with Gasteiger partial charge in [0.25, 0.3) is 0 Å². The van der Waals surface area contributed by atoms with Gasteiger partial charge in [0.1, 0.15) is 11.6 Å². The molecule has 0 fully saturated rings. The van der Waals surface area contributed by atoms with Gasteiger partial charge in [-0.3, -0.25) is 4.98 Å². The monoisotopic (exact) mass is 327 g/mol. The lowest BCUT2D eigenvalue weighted by Gasteiger charge is -2.09. The molecule has 0 amide bonds. The molecule has 0 unspecified atom stereocenters. The van der Waals surface area contributed by atoms with E-state index >= 15 is 0 Å². The van der Waals surface area contributed by atoms with E-state index in [0.29, 0.717) is 10.8 Å². The second-order valence-corrected chi connectivity index (χ2v) is 5.77. The minimum absolute atomic E-state index is 0.548. The van der Waals surface area contributed by atoms with Gasteiger partial charge in [0, 0.05) is 30.2 Å². The molecule has 3 heterocycles. The van der Waals surface area contributed by atoms with Crippen molar-refractivity contribution in [3.63, 3.8) is 0 Å².